The summed E-state index contributed by atoms with van der Waals surface area (Å²) in [4.78, 5) is 16.0. The Hall–Kier alpha value is -2.59. The maximum Gasteiger partial charge on any atom is 0.362 e. The van der Waals surface area contributed by atoms with E-state index in [0.717, 1.165) is 0 Å². The molecular formula is C16H10ClNO3. The highest BCUT2D eigenvalue weighted by atomic mass is 35.5. The molecule has 1 N–H and O–H groups in total. The van der Waals surface area contributed by atoms with Gasteiger partial charge < -0.3 is 9.52 Å². The van der Waals surface area contributed by atoms with E-state index in [2.05, 4.69) is 4.98 Å². The molecule has 0 saturated carbocycles. The molecule has 0 unspecified atom stereocenters. The predicted octanol–water partition coefficient (Wildman–Crippen LogP) is 3.90. The van der Waals surface area contributed by atoms with Gasteiger partial charge in [0.05, 0.1) is 0 Å². The maximum absolute atomic E-state index is 11.8. The van der Waals surface area contributed by atoms with Crippen molar-refractivity contribution in [2.75, 3.05) is 0 Å². The molecule has 2 aromatic carbocycles. The first-order valence-electron chi connectivity index (χ1n) is 6.20. The van der Waals surface area contributed by atoms with Crippen LogP contribution in [0.5, 0.6) is 0 Å². The molecule has 0 aliphatic carbocycles. The Kier molecular flexibility index (Phi) is 3.46. The molecular weight excluding hydrogens is 290 g/mol. The highest BCUT2D eigenvalue weighted by Crippen LogP contribution is 2.17. The number of aromatic nitrogens is 1. The lowest BCUT2D eigenvalue weighted by Crippen LogP contribution is -2.06. The number of benzene rings is 2. The van der Waals surface area contributed by atoms with Crippen LogP contribution < -0.4 is 5.63 Å². The average Bonchev–Trinajstić information content (AvgIpc) is 2.48. The molecule has 21 heavy (non-hydrogen) atoms. The van der Waals surface area contributed by atoms with Crippen molar-refractivity contribution in [2.45, 2.75) is 0 Å². The van der Waals surface area contributed by atoms with Crippen molar-refractivity contribution in [3.63, 3.8) is 0 Å². The monoisotopic (exact) mass is 299 g/mol. The third kappa shape index (κ3) is 2.80. The lowest BCUT2D eigenvalue weighted by Gasteiger charge is -2.01. The third-order valence-corrected chi connectivity index (χ3v) is 3.18. The van der Waals surface area contributed by atoms with Gasteiger partial charge >= 0.3 is 5.63 Å². The zero-order valence-corrected chi connectivity index (χ0v) is 11.5. The van der Waals surface area contributed by atoms with Crippen molar-refractivity contribution in [3.8, 4) is 0 Å². The minimum absolute atomic E-state index is 0.0427. The molecule has 3 rings (SSSR count). The zero-order valence-electron chi connectivity index (χ0n) is 10.8. The number of hydrogen-bond donors (Lipinski definition) is 1. The van der Waals surface area contributed by atoms with Crippen LogP contribution in [0.2, 0.25) is 5.02 Å². The first kappa shape index (κ1) is 13.4. The molecule has 0 amide bonds. The van der Waals surface area contributed by atoms with E-state index in [-0.39, 0.29) is 11.5 Å². The normalized spacial score (nSPS) is 11.8. The summed E-state index contributed by atoms with van der Waals surface area (Å²) in [5, 5.41) is 10.6. The molecule has 4 nitrogen and oxygen atoms in total. The van der Waals surface area contributed by atoms with E-state index in [1.54, 1.807) is 48.5 Å². The molecule has 0 fully saturated rings. The minimum atomic E-state index is -0.603. The molecule has 104 valence electrons. The van der Waals surface area contributed by atoms with E-state index in [1.165, 1.54) is 6.08 Å². The quantitative estimate of drug-likeness (QED) is 0.729. The Balaban J connectivity index is 2.07. The summed E-state index contributed by atoms with van der Waals surface area (Å²) in [5.41, 5.74) is 0.932. The second-order valence-electron chi connectivity index (χ2n) is 4.39. The number of fused-ring (bicyclic) bond motifs is 1. The molecule has 0 atom stereocenters. The van der Waals surface area contributed by atoms with E-state index in [9.17, 15) is 9.90 Å². The number of aliphatic hydroxyl groups excluding tert-OH is 1. The first-order valence-corrected chi connectivity index (χ1v) is 6.58. The van der Waals surface area contributed by atoms with Gasteiger partial charge in [-0.1, -0.05) is 23.7 Å². The van der Waals surface area contributed by atoms with Gasteiger partial charge in [0.1, 0.15) is 11.3 Å². The Labute approximate surface area is 124 Å². The van der Waals surface area contributed by atoms with Crippen LogP contribution in [0.1, 0.15) is 11.3 Å². The first-order chi connectivity index (χ1) is 10.1. The largest absolute Gasteiger partial charge is 0.507 e. The van der Waals surface area contributed by atoms with Crippen LogP contribution in [0.4, 0.5) is 0 Å². The van der Waals surface area contributed by atoms with Gasteiger partial charge in [-0.2, -0.15) is 0 Å². The van der Waals surface area contributed by atoms with Crippen LogP contribution >= 0.6 is 11.6 Å². The predicted molar refractivity (Wildman–Crippen MR) is 82.2 cm³/mol. The number of halogens is 1. The second kappa shape index (κ2) is 5.42. The topological polar surface area (TPSA) is 63.3 Å². The van der Waals surface area contributed by atoms with E-state index >= 15 is 0 Å². The number of rotatable bonds is 2. The molecule has 3 aromatic rings. The van der Waals surface area contributed by atoms with Gasteiger partial charge in [0.15, 0.2) is 11.3 Å². The smallest absolute Gasteiger partial charge is 0.362 e. The summed E-state index contributed by atoms with van der Waals surface area (Å²) in [5.74, 6) is -0.0817. The average molecular weight is 300 g/mol. The Morgan fingerprint density at radius 1 is 1.14 bits per heavy atom. The van der Waals surface area contributed by atoms with E-state index in [4.69, 9.17) is 16.0 Å². The maximum atomic E-state index is 11.8. The fourth-order valence-corrected chi connectivity index (χ4v) is 2.01. The van der Waals surface area contributed by atoms with Gasteiger partial charge in [0.25, 0.3) is 0 Å². The van der Waals surface area contributed by atoms with Crippen molar-refractivity contribution in [3.05, 3.63) is 75.2 Å². The lowest BCUT2D eigenvalue weighted by atomic mass is 10.1. The number of aliphatic hydroxyl groups is 1. The van der Waals surface area contributed by atoms with Gasteiger partial charge in [0.2, 0.25) is 0 Å². The molecule has 1 aromatic heterocycles. The van der Waals surface area contributed by atoms with Gasteiger partial charge in [-0.25, -0.2) is 9.78 Å². The molecule has 0 aliphatic rings. The minimum Gasteiger partial charge on any atom is -0.507 e. The Morgan fingerprint density at radius 2 is 1.86 bits per heavy atom. The van der Waals surface area contributed by atoms with Crippen LogP contribution in [0.15, 0.2) is 57.7 Å². The fraction of sp³-hybridized carbons (Fsp3) is 0. The summed E-state index contributed by atoms with van der Waals surface area (Å²) in [6.45, 7) is 0. The summed E-state index contributed by atoms with van der Waals surface area (Å²) < 4.78 is 5.15. The van der Waals surface area contributed by atoms with Crippen molar-refractivity contribution in [2.24, 2.45) is 0 Å². The molecule has 5 heteroatoms. The van der Waals surface area contributed by atoms with E-state index < -0.39 is 5.63 Å². The molecule has 0 bridgehead atoms. The molecule has 0 aliphatic heterocycles. The number of hydrogen-bond acceptors (Lipinski definition) is 4. The van der Waals surface area contributed by atoms with Gasteiger partial charge in [-0.3, -0.25) is 0 Å². The lowest BCUT2D eigenvalue weighted by molar-refractivity contribution is 0.514. The highest BCUT2D eigenvalue weighted by Gasteiger charge is 2.07. The molecule has 0 spiro atoms. The Morgan fingerprint density at radius 3 is 2.62 bits per heavy atom. The second-order valence-corrected chi connectivity index (χ2v) is 4.83. The SMILES string of the molecule is O=c1oc2ccccc2nc1/C=C(\O)c1ccc(Cl)cc1. The molecule has 1 heterocycles. The van der Waals surface area contributed by atoms with Gasteiger partial charge in [0, 0.05) is 16.7 Å². The van der Waals surface area contributed by atoms with Crippen LogP contribution in [0.3, 0.4) is 0 Å². The van der Waals surface area contributed by atoms with Crippen LogP contribution in [0.25, 0.3) is 22.9 Å². The standard InChI is InChI=1S/C16H10ClNO3/c17-11-7-5-10(6-8-11)14(19)9-13-16(20)21-15-4-2-1-3-12(15)18-13/h1-9,19H/b14-9-. The zero-order chi connectivity index (χ0) is 14.8. The highest BCUT2D eigenvalue weighted by molar-refractivity contribution is 6.30. The van der Waals surface area contributed by atoms with Gasteiger partial charge in [-0.15, -0.1) is 0 Å². The molecule has 0 radical (unpaired) electrons. The number of para-hydroxylation sites is 2. The van der Waals surface area contributed by atoms with Crippen molar-refractivity contribution in [1.29, 1.82) is 0 Å². The van der Waals surface area contributed by atoms with Crippen LogP contribution in [-0.4, -0.2) is 10.1 Å². The summed E-state index contributed by atoms with van der Waals surface area (Å²) >= 11 is 5.79. The third-order valence-electron chi connectivity index (χ3n) is 2.93. The summed E-state index contributed by atoms with van der Waals surface area (Å²) in [6, 6.07) is 13.5. The van der Waals surface area contributed by atoms with E-state index in [1.807, 2.05) is 0 Å². The van der Waals surface area contributed by atoms with Crippen LogP contribution in [0, 0.1) is 0 Å². The van der Waals surface area contributed by atoms with Crippen molar-refractivity contribution < 1.29 is 9.52 Å². The van der Waals surface area contributed by atoms with E-state index in [0.29, 0.717) is 21.7 Å². The van der Waals surface area contributed by atoms with Gasteiger partial charge in [-0.05, 0) is 36.4 Å². The van der Waals surface area contributed by atoms with Crippen molar-refractivity contribution in [1.82, 2.24) is 4.98 Å². The fourth-order valence-electron chi connectivity index (χ4n) is 1.89. The summed E-state index contributed by atoms with van der Waals surface area (Å²) in [7, 11) is 0. The Bertz CT molecular complexity index is 882. The van der Waals surface area contributed by atoms with Crippen LogP contribution in [-0.2, 0) is 0 Å². The van der Waals surface area contributed by atoms with Crippen molar-refractivity contribution >= 4 is 34.5 Å². The number of nitrogens with zero attached hydrogens (tertiary/aromatic N) is 1. The summed E-state index contributed by atoms with van der Waals surface area (Å²) in [6.07, 6.45) is 1.28. The molecule has 0 saturated heterocycles.